The Hall–Kier alpha value is -3.47. The molecule has 0 aliphatic carbocycles. The fourth-order valence-electron chi connectivity index (χ4n) is 4.73. The number of rotatable bonds is 11. The minimum Gasteiger partial charge on any atom is -0.497 e. The van der Waals surface area contributed by atoms with Crippen LogP contribution in [-0.4, -0.2) is 106 Å². The molecule has 2 heterocycles. The molecular formula is C28H36N4O6. The maximum absolute atomic E-state index is 13.8. The fourth-order valence-corrected chi connectivity index (χ4v) is 4.73. The molecule has 0 bridgehead atoms. The van der Waals surface area contributed by atoms with E-state index in [0.29, 0.717) is 44.2 Å². The maximum Gasteiger partial charge on any atom is 0.262 e. The van der Waals surface area contributed by atoms with Crippen molar-refractivity contribution in [1.82, 2.24) is 14.8 Å². The van der Waals surface area contributed by atoms with Gasteiger partial charge in [0.05, 0.1) is 39.2 Å². The summed E-state index contributed by atoms with van der Waals surface area (Å²) < 4.78 is 21.5. The number of nitrogens with zero attached hydrogens (tertiary/aromatic N) is 4. The number of amides is 2. The van der Waals surface area contributed by atoms with Crippen LogP contribution in [0.25, 0.3) is 0 Å². The Kier molecular flexibility index (Phi) is 9.69. The van der Waals surface area contributed by atoms with Crippen LogP contribution in [0.2, 0.25) is 0 Å². The van der Waals surface area contributed by atoms with Crippen LogP contribution in [-0.2, 0) is 19.1 Å². The smallest absolute Gasteiger partial charge is 0.262 e. The topological polar surface area (TPSA) is 93.1 Å². The van der Waals surface area contributed by atoms with Crippen LogP contribution in [0.5, 0.6) is 11.5 Å². The first kappa shape index (κ1) is 27.6. The molecule has 2 aliphatic heterocycles. The van der Waals surface area contributed by atoms with Crippen LogP contribution in [0, 0.1) is 0 Å². The van der Waals surface area contributed by atoms with E-state index in [1.807, 2.05) is 48.5 Å². The second kappa shape index (κ2) is 13.4. The van der Waals surface area contributed by atoms with Gasteiger partial charge in [0.2, 0.25) is 5.91 Å². The zero-order valence-electron chi connectivity index (χ0n) is 22.3. The van der Waals surface area contributed by atoms with E-state index in [0.717, 1.165) is 29.9 Å². The number of morpholine rings is 1. The first-order valence-corrected chi connectivity index (χ1v) is 12.8. The van der Waals surface area contributed by atoms with Gasteiger partial charge in [-0.15, -0.1) is 0 Å². The van der Waals surface area contributed by atoms with E-state index >= 15 is 0 Å². The molecule has 10 heteroatoms. The molecule has 10 nitrogen and oxygen atoms in total. The van der Waals surface area contributed by atoms with E-state index in [1.54, 1.807) is 19.1 Å². The highest BCUT2D eigenvalue weighted by Crippen LogP contribution is 2.37. The Morgan fingerprint density at radius 1 is 1.05 bits per heavy atom. The molecule has 0 saturated carbocycles. The molecule has 38 heavy (non-hydrogen) atoms. The lowest BCUT2D eigenvalue weighted by molar-refractivity contribution is -0.143. The summed E-state index contributed by atoms with van der Waals surface area (Å²) >= 11 is 0. The van der Waals surface area contributed by atoms with Gasteiger partial charge in [-0.05, 0) is 18.2 Å². The first-order chi connectivity index (χ1) is 18.5. The van der Waals surface area contributed by atoms with Crippen molar-refractivity contribution in [3.05, 3.63) is 59.7 Å². The monoisotopic (exact) mass is 524 g/mol. The first-order valence-electron chi connectivity index (χ1n) is 12.8. The van der Waals surface area contributed by atoms with E-state index in [-0.39, 0.29) is 31.0 Å². The molecule has 204 valence electrons. The summed E-state index contributed by atoms with van der Waals surface area (Å²) in [6.45, 7) is 3.81. The highest BCUT2D eigenvalue weighted by atomic mass is 16.5. The Morgan fingerprint density at radius 2 is 1.84 bits per heavy atom. The molecule has 1 fully saturated rings. The number of hydrogen-bond donors (Lipinski definition) is 0. The second-order valence-electron chi connectivity index (χ2n) is 9.18. The van der Waals surface area contributed by atoms with Crippen molar-refractivity contribution >= 4 is 17.5 Å². The van der Waals surface area contributed by atoms with Gasteiger partial charge in [0.15, 0.2) is 0 Å². The van der Waals surface area contributed by atoms with Gasteiger partial charge in [0, 0.05) is 50.8 Å². The number of benzene rings is 2. The van der Waals surface area contributed by atoms with E-state index in [2.05, 4.69) is 4.90 Å². The molecule has 0 spiro atoms. The molecule has 0 radical (unpaired) electrons. The lowest BCUT2D eigenvalue weighted by Gasteiger charge is -2.31. The summed E-state index contributed by atoms with van der Waals surface area (Å²) in [7, 11) is 4.70. The summed E-state index contributed by atoms with van der Waals surface area (Å²) in [4.78, 5) is 30.5. The van der Waals surface area contributed by atoms with Gasteiger partial charge < -0.3 is 23.8 Å². The highest BCUT2D eigenvalue weighted by molar-refractivity contribution is 6.03. The minimum absolute atomic E-state index is 0.0926. The van der Waals surface area contributed by atoms with Crippen molar-refractivity contribution in [2.45, 2.75) is 12.5 Å². The number of carbonyl (C=O) groups is 2. The van der Waals surface area contributed by atoms with E-state index in [9.17, 15) is 9.59 Å². The van der Waals surface area contributed by atoms with Gasteiger partial charge in [0.25, 0.3) is 5.91 Å². The average molecular weight is 525 g/mol. The molecule has 0 N–H and O–H groups in total. The van der Waals surface area contributed by atoms with Gasteiger partial charge in [-0.25, -0.2) is 5.01 Å². The van der Waals surface area contributed by atoms with Gasteiger partial charge in [0.1, 0.15) is 24.7 Å². The molecule has 2 amide bonds. The van der Waals surface area contributed by atoms with Crippen LogP contribution < -0.4 is 9.47 Å². The Bertz CT molecular complexity index is 1130. The van der Waals surface area contributed by atoms with Crippen molar-refractivity contribution in [3.8, 4) is 11.5 Å². The largest absolute Gasteiger partial charge is 0.497 e. The number of methoxy groups -OCH3 is 3. The van der Waals surface area contributed by atoms with E-state index < -0.39 is 0 Å². The Balaban J connectivity index is 1.59. The predicted molar refractivity (Wildman–Crippen MR) is 142 cm³/mol. The van der Waals surface area contributed by atoms with Gasteiger partial charge in [-0.1, -0.05) is 30.3 Å². The molecule has 0 unspecified atom stereocenters. The SMILES string of the molecule is COCC(=O)N(CCN1CCOCC1)CC(=O)N1N=C(c2cccc(OC)c2)C[C@H]1c1ccccc1OC. The Labute approximate surface area is 223 Å². The number of hydrogen-bond acceptors (Lipinski definition) is 8. The molecule has 2 aromatic carbocycles. The lowest BCUT2D eigenvalue weighted by Crippen LogP contribution is -2.47. The van der Waals surface area contributed by atoms with Crippen molar-refractivity contribution in [1.29, 1.82) is 0 Å². The van der Waals surface area contributed by atoms with Crippen molar-refractivity contribution in [3.63, 3.8) is 0 Å². The van der Waals surface area contributed by atoms with Crippen LogP contribution in [0.1, 0.15) is 23.6 Å². The average Bonchev–Trinajstić information content (AvgIpc) is 3.41. The third kappa shape index (κ3) is 6.69. The third-order valence-corrected chi connectivity index (χ3v) is 6.80. The van der Waals surface area contributed by atoms with E-state index in [4.69, 9.17) is 24.0 Å². The molecule has 4 rings (SSSR count). The number of ether oxygens (including phenoxy) is 4. The van der Waals surface area contributed by atoms with Crippen molar-refractivity contribution in [2.24, 2.45) is 5.10 Å². The summed E-state index contributed by atoms with van der Waals surface area (Å²) in [5.74, 6) is 0.879. The maximum atomic E-state index is 13.8. The number of carbonyl (C=O) groups excluding carboxylic acids is 2. The Morgan fingerprint density at radius 3 is 2.58 bits per heavy atom. The van der Waals surface area contributed by atoms with Gasteiger partial charge >= 0.3 is 0 Å². The predicted octanol–water partition coefficient (Wildman–Crippen LogP) is 2.19. The van der Waals surface area contributed by atoms with Crippen LogP contribution >= 0.6 is 0 Å². The number of para-hydroxylation sites is 1. The minimum atomic E-state index is -0.376. The summed E-state index contributed by atoms with van der Waals surface area (Å²) in [6.07, 6.45) is 0.499. The molecule has 2 aromatic rings. The summed E-state index contributed by atoms with van der Waals surface area (Å²) in [5, 5.41) is 6.26. The molecule has 1 atom stereocenters. The van der Waals surface area contributed by atoms with Crippen LogP contribution in [0.3, 0.4) is 0 Å². The summed E-state index contributed by atoms with van der Waals surface area (Å²) in [6, 6.07) is 14.9. The van der Waals surface area contributed by atoms with Crippen LogP contribution in [0.4, 0.5) is 0 Å². The molecule has 0 aromatic heterocycles. The summed E-state index contributed by atoms with van der Waals surface area (Å²) in [5.41, 5.74) is 2.49. The molecule has 2 aliphatic rings. The standard InChI is InChI=1S/C28H36N4O6/c1-35-20-28(34)31(12-11-30-13-15-38-16-14-30)19-27(33)32-25(23-9-4-5-10-26(23)37-3)18-24(29-32)21-7-6-8-22(17-21)36-2/h4-10,17,25H,11-16,18-20H2,1-3H3/t25-/m0/s1. The molecular weight excluding hydrogens is 488 g/mol. The van der Waals surface area contributed by atoms with Gasteiger partial charge in [-0.3, -0.25) is 14.5 Å². The van der Waals surface area contributed by atoms with E-state index in [1.165, 1.54) is 12.1 Å². The lowest BCUT2D eigenvalue weighted by atomic mass is 9.97. The third-order valence-electron chi connectivity index (χ3n) is 6.80. The van der Waals surface area contributed by atoms with Gasteiger partial charge in [-0.2, -0.15) is 5.10 Å². The quantitative estimate of drug-likeness (QED) is 0.445. The molecule has 1 saturated heterocycles. The zero-order valence-corrected chi connectivity index (χ0v) is 22.3. The van der Waals surface area contributed by atoms with Crippen molar-refractivity contribution < 1.29 is 28.5 Å². The number of hydrazone groups is 1. The zero-order chi connectivity index (χ0) is 26.9. The second-order valence-corrected chi connectivity index (χ2v) is 9.18. The van der Waals surface area contributed by atoms with Crippen LogP contribution in [0.15, 0.2) is 53.6 Å². The highest BCUT2D eigenvalue weighted by Gasteiger charge is 2.36. The normalized spacial score (nSPS) is 17.7. The van der Waals surface area contributed by atoms with Crippen molar-refractivity contribution in [2.75, 3.05) is 73.9 Å². The fraction of sp³-hybridized carbons (Fsp3) is 0.464.